The van der Waals surface area contributed by atoms with Gasteiger partial charge in [-0.3, -0.25) is 0 Å². The molecule has 0 unspecified atom stereocenters. The van der Waals surface area contributed by atoms with Gasteiger partial charge >= 0.3 is 0 Å². The van der Waals surface area contributed by atoms with Gasteiger partial charge in [0.25, 0.3) is 0 Å². The number of anilines is 1. The number of fused-ring (bicyclic) bond motifs is 1. The minimum Gasteiger partial charge on any atom is -0.368 e. The molecule has 0 spiro atoms. The smallest absolute Gasteiger partial charge is 0.219 e. The maximum atomic E-state index is 5.53. The molecule has 0 saturated heterocycles. The average molecular weight is 269 g/mol. The first-order valence-electron chi connectivity index (χ1n) is 6.45. The summed E-state index contributed by atoms with van der Waals surface area (Å²) in [7, 11) is 1.87. The summed E-state index contributed by atoms with van der Waals surface area (Å²) in [6.07, 6.45) is 6.82. The number of nitrogen functional groups attached to an aromatic ring is 1. The lowest BCUT2D eigenvalue weighted by molar-refractivity contribution is 0.787. The number of hydrogen-bond donors (Lipinski definition) is 1. The van der Waals surface area contributed by atoms with Crippen molar-refractivity contribution < 1.29 is 0 Å². The van der Waals surface area contributed by atoms with Crippen molar-refractivity contribution in [3.8, 4) is 11.3 Å². The first-order valence-corrected chi connectivity index (χ1v) is 6.45. The maximum absolute atomic E-state index is 5.53. The van der Waals surface area contributed by atoms with Gasteiger partial charge in [0.1, 0.15) is 12.0 Å². The third-order valence-corrected chi connectivity index (χ3v) is 3.13. The molecule has 7 heteroatoms. The second kappa shape index (κ2) is 4.84. The summed E-state index contributed by atoms with van der Waals surface area (Å²) in [5, 5.41) is 5.49. The van der Waals surface area contributed by atoms with E-state index >= 15 is 0 Å². The Morgan fingerprint density at radius 2 is 1.90 bits per heavy atom. The molecule has 2 N–H and O–H groups in total. The number of hydrogen-bond acceptors (Lipinski definition) is 6. The minimum absolute atomic E-state index is 0.249. The molecule has 0 radical (unpaired) electrons. The van der Waals surface area contributed by atoms with Crippen LogP contribution in [0.15, 0.2) is 18.7 Å². The van der Waals surface area contributed by atoms with E-state index in [2.05, 4.69) is 32.0 Å². The Bertz CT molecular complexity index is 745. The third kappa shape index (κ3) is 1.97. The highest BCUT2D eigenvalue weighted by Crippen LogP contribution is 2.28. The van der Waals surface area contributed by atoms with Gasteiger partial charge in [0.15, 0.2) is 5.65 Å². The van der Waals surface area contributed by atoms with Gasteiger partial charge in [-0.15, -0.1) is 0 Å². The summed E-state index contributed by atoms with van der Waals surface area (Å²) in [5.74, 6) is 0.249. The number of aromatic nitrogens is 6. The summed E-state index contributed by atoms with van der Waals surface area (Å²) < 4.78 is 1.75. The van der Waals surface area contributed by atoms with Crippen molar-refractivity contribution in [3.05, 3.63) is 24.4 Å². The van der Waals surface area contributed by atoms with Crippen molar-refractivity contribution in [2.45, 2.75) is 19.8 Å². The van der Waals surface area contributed by atoms with Crippen LogP contribution in [-0.2, 0) is 13.5 Å². The molecule has 20 heavy (non-hydrogen) atoms. The first kappa shape index (κ1) is 12.5. The fourth-order valence-electron chi connectivity index (χ4n) is 2.24. The van der Waals surface area contributed by atoms with Crippen molar-refractivity contribution in [3.63, 3.8) is 0 Å². The van der Waals surface area contributed by atoms with Crippen LogP contribution in [0.2, 0.25) is 0 Å². The predicted molar refractivity (Wildman–Crippen MR) is 75.7 cm³/mol. The quantitative estimate of drug-likeness (QED) is 0.771. The van der Waals surface area contributed by atoms with E-state index in [-0.39, 0.29) is 5.95 Å². The molecule has 0 bridgehead atoms. The lowest BCUT2D eigenvalue weighted by Gasteiger charge is -2.02. The van der Waals surface area contributed by atoms with Crippen LogP contribution in [0, 0.1) is 0 Å². The van der Waals surface area contributed by atoms with Gasteiger partial charge in [0, 0.05) is 25.0 Å². The van der Waals surface area contributed by atoms with Crippen molar-refractivity contribution in [1.29, 1.82) is 0 Å². The Labute approximate surface area is 115 Å². The standard InChI is InChI=1S/C13H15N7/c1-3-4-9-10-11(8-5-15-13(14)16-6-8)19-20(2)12(10)18-7-17-9/h5-7H,3-4H2,1-2H3,(H2,14,15,16). The van der Waals surface area contributed by atoms with Crippen molar-refractivity contribution >= 4 is 17.0 Å². The highest BCUT2D eigenvalue weighted by Gasteiger charge is 2.16. The molecule has 3 aromatic rings. The van der Waals surface area contributed by atoms with E-state index in [0.29, 0.717) is 0 Å². The molecule has 0 fully saturated rings. The zero-order chi connectivity index (χ0) is 14.1. The molecule has 0 aliphatic heterocycles. The molecule has 102 valence electrons. The zero-order valence-electron chi connectivity index (χ0n) is 11.4. The number of nitrogens with two attached hydrogens (primary N) is 1. The molecule has 3 aromatic heterocycles. The molecule has 3 heterocycles. The van der Waals surface area contributed by atoms with Crippen molar-refractivity contribution in [1.82, 2.24) is 29.7 Å². The van der Waals surface area contributed by atoms with Crippen LogP contribution in [0.25, 0.3) is 22.3 Å². The number of rotatable bonds is 3. The molecular formula is C13H15N7. The zero-order valence-corrected chi connectivity index (χ0v) is 11.4. The Morgan fingerprint density at radius 1 is 1.15 bits per heavy atom. The van der Waals surface area contributed by atoms with Gasteiger partial charge in [-0.2, -0.15) is 5.10 Å². The SMILES string of the molecule is CCCc1ncnc2c1c(-c1cnc(N)nc1)nn2C. The molecule has 0 atom stereocenters. The molecule has 0 aromatic carbocycles. The van der Waals surface area contributed by atoms with Crippen molar-refractivity contribution in [2.75, 3.05) is 5.73 Å². The van der Waals surface area contributed by atoms with Gasteiger partial charge in [-0.1, -0.05) is 13.3 Å². The Balaban J connectivity index is 2.27. The summed E-state index contributed by atoms with van der Waals surface area (Å²) in [6, 6.07) is 0. The van der Waals surface area contributed by atoms with E-state index in [1.165, 1.54) is 0 Å². The van der Waals surface area contributed by atoms with E-state index in [0.717, 1.165) is 40.8 Å². The van der Waals surface area contributed by atoms with E-state index in [1.807, 2.05) is 7.05 Å². The largest absolute Gasteiger partial charge is 0.368 e. The Morgan fingerprint density at radius 3 is 2.60 bits per heavy atom. The fraction of sp³-hybridized carbons (Fsp3) is 0.308. The number of aryl methyl sites for hydroxylation is 2. The maximum Gasteiger partial charge on any atom is 0.219 e. The van der Waals surface area contributed by atoms with Crippen LogP contribution in [0.5, 0.6) is 0 Å². The molecule has 0 aliphatic carbocycles. The van der Waals surface area contributed by atoms with Crippen LogP contribution in [0.1, 0.15) is 19.0 Å². The molecule has 0 saturated carbocycles. The topological polar surface area (TPSA) is 95.4 Å². The summed E-state index contributed by atoms with van der Waals surface area (Å²) in [4.78, 5) is 16.7. The van der Waals surface area contributed by atoms with Crippen LogP contribution in [-0.4, -0.2) is 29.7 Å². The molecule has 0 amide bonds. The van der Waals surface area contributed by atoms with E-state index in [4.69, 9.17) is 5.73 Å². The fourth-order valence-corrected chi connectivity index (χ4v) is 2.24. The van der Waals surface area contributed by atoms with Crippen molar-refractivity contribution in [2.24, 2.45) is 7.05 Å². The molecule has 7 nitrogen and oxygen atoms in total. The van der Waals surface area contributed by atoms with Crippen LogP contribution in [0.3, 0.4) is 0 Å². The lowest BCUT2D eigenvalue weighted by Crippen LogP contribution is -1.95. The van der Waals surface area contributed by atoms with Gasteiger partial charge < -0.3 is 5.73 Å². The number of nitrogens with zero attached hydrogens (tertiary/aromatic N) is 6. The van der Waals surface area contributed by atoms with Gasteiger partial charge in [0.05, 0.1) is 11.1 Å². The normalized spacial score (nSPS) is 11.1. The van der Waals surface area contributed by atoms with Crippen LogP contribution >= 0.6 is 0 Å². The highest BCUT2D eigenvalue weighted by molar-refractivity contribution is 5.92. The van der Waals surface area contributed by atoms with E-state index in [1.54, 1.807) is 23.4 Å². The lowest BCUT2D eigenvalue weighted by atomic mass is 10.1. The highest BCUT2D eigenvalue weighted by atomic mass is 15.3. The minimum atomic E-state index is 0.249. The second-order valence-electron chi connectivity index (χ2n) is 4.57. The third-order valence-electron chi connectivity index (χ3n) is 3.13. The average Bonchev–Trinajstić information content (AvgIpc) is 2.79. The van der Waals surface area contributed by atoms with Gasteiger partial charge in [-0.25, -0.2) is 24.6 Å². The molecular weight excluding hydrogens is 254 g/mol. The Hall–Kier alpha value is -2.57. The molecule has 3 rings (SSSR count). The predicted octanol–water partition coefficient (Wildman–Crippen LogP) is 1.35. The van der Waals surface area contributed by atoms with E-state index in [9.17, 15) is 0 Å². The summed E-state index contributed by atoms with van der Waals surface area (Å²) >= 11 is 0. The first-order chi connectivity index (χ1) is 9.70. The van der Waals surface area contributed by atoms with Gasteiger partial charge in [0.2, 0.25) is 5.95 Å². The van der Waals surface area contributed by atoms with Crippen LogP contribution in [0.4, 0.5) is 5.95 Å². The monoisotopic (exact) mass is 269 g/mol. The Kier molecular flexibility index (Phi) is 3.02. The molecule has 0 aliphatic rings. The second-order valence-corrected chi connectivity index (χ2v) is 4.57. The van der Waals surface area contributed by atoms with E-state index < -0.39 is 0 Å². The van der Waals surface area contributed by atoms with Gasteiger partial charge in [-0.05, 0) is 6.42 Å². The van der Waals surface area contributed by atoms with Crippen LogP contribution < -0.4 is 5.73 Å². The summed E-state index contributed by atoms with van der Waals surface area (Å²) in [5.41, 5.74) is 8.95. The summed E-state index contributed by atoms with van der Waals surface area (Å²) in [6.45, 7) is 2.12.